The summed E-state index contributed by atoms with van der Waals surface area (Å²) in [4.78, 5) is 11.5. The number of ether oxygens (including phenoxy) is 2. The molecule has 1 atom stereocenters. The molecule has 1 rings (SSSR count). The van der Waals surface area contributed by atoms with E-state index >= 15 is 0 Å². The zero-order chi connectivity index (χ0) is 15.7. The maximum Gasteiger partial charge on any atom is 0.258 e. The normalized spacial score (nSPS) is 11.3. The van der Waals surface area contributed by atoms with Gasteiger partial charge in [0.25, 0.3) is 5.91 Å². The second-order valence-electron chi connectivity index (χ2n) is 4.63. The monoisotopic (exact) mass is 290 g/mol. The van der Waals surface area contributed by atoms with Gasteiger partial charge in [0.05, 0.1) is 13.7 Å². The van der Waals surface area contributed by atoms with Crippen molar-refractivity contribution in [2.75, 3.05) is 20.3 Å². The Balaban J connectivity index is 2.72. The standard InChI is InChI=1S/C16H22N2O3/c1-4-8-18-16(19)11-21-15-10-12(9-13(17)5-2)6-7-14(15)20-3/h1,6-7,10,13H,5,8-9,11,17H2,2-3H3,(H,18,19). The predicted octanol–water partition coefficient (Wildman–Crippen LogP) is 1.10. The smallest absolute Gasteiger partial charge is 0.258 e. The lowest BCUT2D eigenvalue weighted by Crippen LogP contribution is -2.29. The zero-order valence-corrected chi connectivity index (χ0v) is 12.5. The van der Waals surface area contributed by atoms with Gasteiger partial charge in [-0.2, -0.15) is 0 Å². The van der Waals surface area contributed by atoms with Crippen molar-refractivity contribution in [1.29, 1.82) is 0 Å². The quantitative estimate of drug-likeness (QED) is 0.703. The summed E-state index contributed by atoms with van der Waals surface area (Å²) in [7, 11) is 1.55. The van der Waals surface area contributed by atoms with Crippen molar-refractivity contribution in [3.63, 3.8) is 0 Å². The predicted molar refractivity (Wildman–Crippen MR) is 82.3 cm³/mol. The number of rotatable bonds is 8. The first-order valence-electron chi connectivity index (χ1n) is 6.86. The summed E-state index contributed by atoms with van der Waals surface area (Å²) < 4.78 is 10.7. The van der Waals surface area contributed by atoms with Crippen LogP contribution in [0.3, 0.4) is 0 Å². The van der Waals surface area contributed by atoms with Crippen LogP contribution < -0.4 is 20.5 Å². The number of carbonyl (C=O) groups is 1. The first kappa shape index (κ1) is 16.9. The van der Waals surface area contributed by atoms with Crippen LogP contribution in [0.4, 0.5) is 0 Å². The molecule has 1 unspecified atom stereocenters. The van der Waals surface area contributed by atoms with Crippen molar-refractivity contribution in [3.05, 3.63) is 23.8 Å². The number of hydrogen-bond acceptors (Lipinski definition) is 4. The summed E-state index contributed by atoms with van der Waals surface area (Å²) in [6.45, 7) is 2.12. The molecule has 0 radical (unpaired) electrons. The highest BCUT2D eigenvalue weighted by molar-refractivity contribution is 5.77. The highest BCUT2D eigenvalue weighted by Crippen LogP contribution is 2.28. The third-order valence-electron chi connectivity index (χ3n) is 3.00. The van der Waals surface area contributed by atoms with Gasteiger partial charge in [0.2, 0.25) is 0 Å². The first-order chi connectivity index (χ1) is 10.1. The zero-order valence-electron chi connectivity index (χ0n) is 12.5. The number of nitrogens with one attached hydrogen (secondary N) is 1. The van der Waals surface area contributed by atoms with E-state index in [2.05, 4.69) is 11.2 Å². The number of nitrogens with two attached hydrogens (primary N) is 1. The van der Waals surface area contributed by atoms with Crippen LogP contribution >= 0.6 is 0 Å². The Morgan fingerprint density at radius 3 is 2.86 bits per heavy atom. The molecule has 1 aromatic carbocycles. The Morgan fingerprint density at radius 2 is 2.24 bits per heavy atom. The van der Waals surface area contributed by atoms with Crippen LogP contribution in [0.1, 0.15) is 18.9 Å². The summed E-state index contributed by atoms with van der Waals surface area (Å²) in [5, 5.41) is 2.54. The fraction of sp³-hybridized carbons (Fsp3) is 0.438. The number of benzene rings is 1. The third-order valence-corrected chi connectivity index (χ3v) is 3.00. The van der Waals surface area contributed by atoms with E-state index in [1.807, 2.05) is 25.1 Å². The van der Waals surface area contributed by atoms with Crippen LogP contribution in [-0.4, -0.2) is 32.2 Å². The molecule has 0 saturated carbocycles. The fourth-order valence-electron chi connectivity index (χ4n) is 1.75. The average Bonchev–Trinajstić information content (AvgIpc) is 2.50. The van der Waals surface area contributed by atoms with E-state index in [1.165, 1.54) is 0 Å². The highest BCUT2D eigenvalue weighted by atomic mass is 16.5. The van der Waals surface area contributed by atoms with Gasteiger partial charge in [-0.3, -0.25) is 4.79 Å². The van der Waals surface area contributed by atoms with Crippen molar-refractivity contribution < 1.29 is 14.3 Å². The minimum absolute atomic E-state index is 0.102. The van der Waals surface area contributed by atoms with Crippen LogP contribution in [0.25, 0.3) is 0 Å². The lowest BCUT2D eigenvalue weighted by Gasteiger charge is -2.14. The van der Waals surface area contributed by atoms with Gasteiger partial charge in [0.15, 0.2) is 18.1 Å². The molecule has 0 spiro atoms. The lowest BCUT2D eigenvalue weighted by molar-refractivity contribution is -0.122. The summed E-state index contributed by atoms with van der Waals surface area (Å²) in [5.74, 6) is 3.16. The van der Waals surface area contributed by atoms with E-state index in [0.717, 1.165) is 18.4 Å². The lowest BCUT2D eigenvalue weighted by atomic mass is 10.0. The molecule has 1 aromatic rings. The van der Waals surface area contributed by atoms with Crippen molar-refractivity contribution in [2.24, 2.45) is 5.73 Å². The van der Waals surface area contributed by atoms with E-state index in [0.29, 0.717) is 11.5 Å². The molecular weight excluding hydrogens is 268 g/mol. The van der Waals surface area contributed by atoms with Gasteiger partial charge in [-0.05, 0) is 30.5 Å². The average molecular weight is 290 g/mol. The summed E-state index contributed by atoms with van der Waals surface area (Å²) in [6, 6.07) is 5.71. The molecule has 0 aromatic heterocycles. The largest absolute Gasteiger partial charge is 0.493 e. The SMILES string of the molecule is C#CCNC(=O)COc1cc(CC(N)CC)ccc1OC. The Morgan fingerprint density at radius 1 is 1.48 bits per heavy atom. The molecule has 21 heavy (non-hydrogen) atoms. The minimum Gasteiger partial charge on any atom is -0.493 e. The number of terminal acetylenes is 1. The molecule has 0 aliphatic carbocycles. The molecule has 3 N–H and O–H groups in total. The van der Waals surface area contributed by atoms with Crippen LogP contribution in [0.2, 0.25) is 0 Å². The molecule has 5 nitrogen and oxygen atoms in total. The van der Waals surface area contributed by atoms with Crippen molar-refractivity contribution in [3.8, 4) is 23.8 Å². The maximum atomic E-state index is 11.5. The Hall–Kier alpha value is -2.19. The number of hydrogen-bond donors (Lipinski definition) is 2. The van der Waals surface area contributed by atoms with Crippen molar-refractivity contribution in [1.82, 2.24) is 5.32 Å². The van der Waals surface area contributed by atoms with Gasteiger partial charge in [-0.15, -0.1) is 6.42 Å². The van der Waals surface area contributed by atoms with Crippen LogP contribution in [0.15, 0.2) is 18.2 Å². The Kier molecular flexibility index (Phi) is 7.13. The van der Waals surface area contributed by atoms with Crippen molar-refractivity contribution >= 4 is 5.91 Å². The molecule has 0 heterocycles. The summed E-state index contributed by atoms with van der Waals surface area (Å²) in [5.41, 5.74) is 6.99. The van der Waals surface area contributed by atoms with Gasteiger partial charge in [0.1, 0.15) is 0 Å². The van der Waals surface area contributed by atoms with Gasteiger partial charge >= 0.3 is 0 Å². The molecule has 5 heteroatoms. The third kappa shape index (κ3) is 5.76. The van der Waals surface area contributed by atoms with Crippen LogP contribution in [0.5, 0.6) is 11.5 Å². The molecule has 0 bridgehead atoms. The van der Waals surface area contributed by atoms with E-state index < -0.39 is 0 Å². The molecule has 114 valence electrons. The van der Waals surface area contributed by atoms with Gasteiger partial charge in [-0.25, -0.2) is 0 Å². The van der Waals surface area contributed by atoms with E-state index in [9.17, 15) is 4.79 Å². The van der Waals surface area contributed by atoms with Crippen LogP contribution in [0, 0.1) is 12.3 Å². The van der Waals surface area contributed by atoms with E-state index in [1.54, 1.807) is 7.11 Å². The summed E-state index contributed by atoms with van der Waals surface area (Å²) >= 11 is 0. The van der Waals surface area contributed by atoms with Gasteiger partial charge in [-0.1, -0.05) is 18.9 Å². The minimum atomic E-state index is -0.273. The van der Waals surface area contributed by atoms with E-state index in [-0.39, 0.29) is 25.1 Å². The van der Waals surface area contributed by atoms with Gasteiger partial charge < -0.3 is 20.5 Å². The molecular formula is C16H22N2O3. The number of methoxy groups -OCH3 is 1. The Labute approximate surface area is 125 Å². The topological polar surface area (TPSA) is 73.6 Å². The second kappa shape index (κ2) is 8.88. The Bertz CT molecular complexity index is 509. The molecule has 1 amide bonds. The summed E-state index contributed by atoms with van der Waals surface area (Å²) in [6.07, 6.45) is 6.72. The van der Waals surface area contributed by atoms with Gasteiger partial charge in [0, 0.05) is 6.04 Å². The van der Waals surface area contributed by atoms with Crippen LogP contribution in [-0.2, 0) is 11.2 Å². The first-order valence-corrected chi connectivity index (χ1v) is 6.86. The fourth-order valence-corrected chi connectivity index (χ4v) is 1.75. The van der Waals surface area contributed by atoms with E-state index in [4.69, 9.17) is 21.6 Å². The molecule has 0 aliphatic heterocycles. The number of amides is 1. The highest BCUT2D eigenvalue weighted by Gasteiger charge is 2.10. The second-order valence-corrected chi connectivity index (χ2v) is 4.63. The molecule has 0 aliphatic rings. The van der Waals surface area contributed by atoms with Crippen molar-refractivity contribution in [2.45, 2.75) is 25.8 Å². The maximum absolute atomic E-state index is 11.5. The molecule has 0 saturated heterocycles. The number of carbonyl (C=O) groups excluding carboxylic acids is 1. The molecule has 0 fully saturated rings.